The molecule has 0 nitrogen and oxygen atoms in total. The van der Waals surface area contributed by atoms with E-state index in [1.807, 2.05) is 0 Å². The van der Waals surface area contributed by atoms with E-state index in [2.05, 4.69) is 43.3 Å². The molecule has 0 fully saturated rings. The van der Waals surface area contributed by atoms with Crippen molar-refractivity contribution in [2.75, 3.05) is 0 Å². The predicted octanol–water partition coefficient (Wildman–Crippen LogP) is 2.32. The van der Waals surface area contributed by atoms with E-state index in [9.17, 15) is 0 Å². The van der Waals surface area contributed by atoms with E-state index in [1.165, 1.54) is 16.3 Å². The van der Waals surface area contributed by atoms with Crippen molar-refractivity contribution in [3.63, 3.8) is 0 Å². The Balaban J connectivity index is 2.91. The molecule has 12 heavy (non-hydrogen) atoms. The molecule has 2 aromatic rings. The maximum absolute atomic E-state index is 2.23. The van der Waals surface area contributed by atoms with Crippen LogP contribution in [-0.2, 0) is 26.1 Å². The van der Waals surface area contributed by atoms with E-state index in [-0.39, 0.29) is 0 Å². The molecular formula is C11H9Hg. The van der Waals surface area contributed by atoms with Gasteiger partial charge in [-0.25, -0.2) is 0 Å². The van der Waals surface area contributed by atoms with Crippen LogP contribution < -0.4 is 3.07 Å². The summed E-state index contributed by atoms with van der Waals surface area (Å²) in [5, 5.41) is 2.84. The molecule has 1 heteroatoms. The van der Waals surface area contributed by atoms with Crippen LogP contribution in [0.2, 0.25) is 0 Å². The fourth-order valence-corrected chi connectivity index (χ4v) is 3.15. The molecule has 0 atom stereocenters. The molecule has 0 radical (unpaired) electrons. The average molecular weight is 342 g/mol. The number of rotatable bonds is 0. The summed E-state index contributed by atoms with van der Waals surface area (Å²) in [4.78, 5) is 0. The Hall–Kier alpha value is -0.365. The molecule has 0 aliphatic carbocycles. The summed E-state index contributed by atoms with van der Waals surface area (Å²) < 4.78 is 1.59. The minimum atomic E-state index is 0.724. The second-order valence-electron chi connectivity index (χ2n) is 3.08. The van der Waals surface area contributed by atoms with Crippen molar-refractivity contribution in [3.05, 3.63) is 42.0 Å². The van der Waals surface area contributed by atoms with Gasteiger partial charge in [0.15, 0.2) is 0 Å². The molecule has 0 bridgehead atoms. The van der Waals surface area contributed by atoms with Crippen molar-refractivity contribution in [3.8, 4) is 0 Å². The van der Waals surface area contributed by atoms with Crippen molar-refractivity contribution < 1.29 is 26.1 Å². The average Bonchev–Trinajstić information content (AvgIpc) is 2.12. The molecule has 0 aromatic heterocycles. The SMILES string of the molecule is Cc1ccc2ccccc2[c]1[Hg]. The Morgan fingerprint density at radius 1 is 1.00 bits per heavy atom. The Morgan fingerprint density at radius 2 is 1.75 bits per heavy atom. The van der Waals surface area contributed by atoms with Crippen molar-refractivity contribution in [1.29, 1.82) is 0 Å². The van der Waals surface area contributed by atoms with Crippen LogP contribution in [0.1, 0.15) is 5.56 Å². The molecule has 55 valence electrons. The van der Waals surface area contributed by atoms with Gasteiger partial charge in [0.05, 0.1) is 0 Å². The number of aryl methyl sites for hydroxylation is 1. The van der Waals surface area contributed by atoms with Crippen molar-refractivity contribution in [2.45, 2.75) is 6.92 Å². The topological polar surface area (TPSA) is 0 Å². The van der Waals surface area contributed by atoms with Crippen molar-refractivity contribution >= 4 is 13.8 Å². The van der Waals surface area contributed by atoms with Gasteiger partial charge in [0.25, 0.3) is 0 Å². The number of hydrogen-bond acceptors (Lipinski definition) is 0. The molecule has 0 saturated heterocycles. The zero-order valence-corrected chi connectivity index (χ0v) is 12.7. The van der Waals surface area contributed by atoms with Gasteiger partial charge in [-0.05, 0) is 0 Å². The van der Waals surface area contributed by atoms with Gasteiger partial charge in [0, 0.05) is 0 Å². The van der Waals surface area contributed by atoms with E-state index in [0.717, 1.165) is 26.1 Å². The van der Waals surface area contributed by atoms with Gasteiger partial charge in [-0.1, -0.05) is 0 Å². The molecule has 0 N–H and O–H groups in total. The van der Waals surface area contributed by atoms with E-state index in [1.54, 1.807) is 3.07 Å². The van der Waals surface area contributed by atoms with E-state index in [0.29, 0.717) is 0 Å². The molecule has 0 heterocycles. The van der Waals surface area contributed by atoms with Crippen LogP contribution >= 0.6 is 0 Å². The van der Waals surface area contributed by atoms with Crippen LogP contribution in [0, 0.1) is 6.92 Å². The molecule has 0 spiro atoms. The molecule has 2 aromatic carbocycles. The summed E-state index contributed by atoms with van der Waals surface area (Å²) in [6.07, 6.45) is 0. The Morgan fingerprint density at radius 3 is 2.58 bits per heavy atom. The van der Waals surface area contributed by atoms with Gasteiger partial charge in [-0.3, -0.25) is 0 Å². The molecule has 0 unspecified atom stereocenters. The first-order valence-electron chi connectivity index (χ1n) is 4.09. The predicted molar refractivity (Wildman–Crippen MR) is 48.3 cm³/mol. The summed E-state index contributed by atoms with van der Waals surface area (Å²) in [6, 6.07) is 13.1. The van der Waals surface area contributed by atoms with Crippen LogP contribution in [0.15, 0.2) is 36.4 Å². The van der Waals surface area contributed by atoms with Gasteiger partial charge in [0.2, 0.25) is 0 Å². The fraction of sp³-hybridized carbons (Fsp3) is 0.0909. The zero-order chi connectivity index (χ0) is 8.55. The monoisotopic (exact) mass is 343 g/mol. The molecular weight excluding hydrogens is 333 g/mol. The fourth-order valence-electron chi connectivity index (χ4n) is 1.44. The quantitative estimate of drug-likeness (QED) is 0.645. The second kappa shape index (κ2) is 3.17. The van der Waals surface area contributed by atoms with Crippen LogP contribution in [0.4, 0.5) is 0 Å². The van der Waals surface area contributed by atoms with Gasteiger partial charge in [-0.15, -0.1) is 0 Å². The normalized spacial score (nSPS) is 10.6. The summed E-state index contributed by atoms with van der Waals surface area (Å²) >= 11 is 0.724. The second-order valence-corrected chi connectivity index (χ2v) is 5.83. The Bertz CT molecular complexity index is 418. The van der Waals surface area contributed by atoms with Crippen LogP contribution in [0.5, 0.6) is 0 Å². The zero-order valence-electron chi connectivity index (χ0n) is 7.17. The third-order valence-corrected chi connectivity index (χ3v) is 5.92. The maximum atomic E-state index is 2.23. The third kappa shape index (κ3) is 1.29. The Kier molecular flexibility index (Phi) is 2.18. The summed E-state index contributed by atoms with van der Waals surface area (Å²) in [5.74, 6) is 0. The summed E-state index contributed by atoms with van der Waals surface area (Å²) in [6.45, 7) is 2.20. The molecule has 0 aliphatic heterocycles. The van der Waals surface area contributed by atoms with E-state index in [4.69, 9.17) is 0 Å². The van der Waals surface area contributed by atoms with Gasteiger partial charge in [-0.2, -0.15) is 0 Å². The number of hydrogen-bond donors (Lipinski definition) is 0. The van der Waals surface area contributed by atoms with Crippen molar-refractivity contribution in [2.24, 2.45) is 0 Å². The van der Waals surface area contributed by atoms with Gasteiger partial charge < -0.3 is 0 Å². The molecule has 0 amide bonds. The number of fused-ring (bicyclic) bond motifs is 1. The summed E-state index contributed by atoms with van der Waals surface area (Å²) in [7, 11) is 0. The Labute approximate surface area is 88.6 Å². The standard InChI is InChI=1S/C11H9.Hg/c1-9-6-7-10-4-2-3-5-11(10)8-9;/h2-7H,1H3;. The first kappa shape index (κ1) is 8.24. The van der Waals surface area contributed by atoms with Crippen LogP contribution in [-0.4, -0.2) is 0 Å². The molecule has 0 aliphatic rings. The van der Waals surface area contributed by atoms with Crippen LogP contribution in [0.25, 0.3) is 10.8 Å². The van der Waals surface area contributed by atoms with Crippen LogP contribution in [0.3, 0.4) is 0 Å². The van der Waals surface area contributed by atoms with Crippen molar-refractivity contribution in [1.82, 2.24) is 0 Å². The summed E-state index contributed by atoms with van der Waals surface area (Å²) in [5.41, 5.74) is 1.46. The third-order valence-electron chi connectivity index (χ3n) is 2.27. The first-order chi connectivity index (χ1) is 5.79. The number of benzene rings is 2. The molecule has 0 saturated carbocycles. The van der Waals surface area contributed by atoms with Gasteiger partial charge in [0.1, 0.15) is 0 Å². The first-order valence-corrected chi connectivity index (χ1v) is 6.84. The van der Waals surface area contributed by atoms with E-state index >= 15 is 0 Å². The van der Waals surface area contributed by atoms with E-state index < -0.39 is 0 Å². The molecule has 2 rings (SSSR count). The minimum absolute atomic E-state index is 0.724. The van der Waals surface area contributed by atoms with Gasteiger partial charge >= 0.3 is 88.9 Å².